The third-order valence-electron chi connectivity index (χ3n) is 2.85. The first-order chi connectivity index (χ1) is 8.20. The molecule has 94 valence electrons. The summed E-state index contributed by atoms with van der Waals surface area (Å²) in [6, 6.07) is 0. The van der Waals surface area contributed by atoms with Crippen molar-refractivity contribution in [1.82, 2.24) is 15.1 Å². The Labute approximate surface area is 105 Å². The van der Waals surface area contributed by atoms with Crippen LogP contribution in [0.3, 0.4) is 0 Å². The van der Waals surface area contributed by atoms with Gasteiger partial charge >= 0.3 is 0 Å². The van der Waals surface area contributed by atoms with E-state index in [9.17, 15) is 4.79 Å². The minimum absolute atomic E-state index is 0.0244. The maximum absolute atomic E-state index is 12.1. The highest BCUT2D eigenvalue weighted by atomic mass is 32.1. The zero-order valence-corrected chi connectivity index (χ0v) is 11.1. The Morgan fingerprint density at radius 3 is 3.06 bits per heavy atom. The van der Waals surface area contributed by atoms with Crippen LogP contribution >= 0.6 is 11.3 Å². The van der Waals surface area contributed by atoms with Crippen molar-refractivity contribution in [1.29, 1.82) is 0 Å². The van der Waals surface area contributed by atoms with Gasteiger partial charge in [0.1, 0.15) is 0 Å². The average Bonchev–Trinajstić information content (AvgIpc) is 2.94. The first-order valence-electron chi connectivity index (χ1n) is 6.07. The molecule has 1 aliphatic rings. The van der Waals surface area contributed by atoms with Crippen LogP contribution in [0.25, 0.3) is 0 Å². The normalized spacial score (nSPS) is 19.6. The van der Waals surface area contributed by atoms with E-state index in [4.69, 9.17) is 0 Å². The number of hydrogen-bond donors (Lipinski definition) is 1. The summed E-state index contributed by atoms with van der Waals surface area (Å²) in [4.78, 5) is 14.0. The summed E-state index contributed by atoms with van der Waals surface area (Å²) in [5, 5.41) is 12.3. The lowest BCUT2D eigenvalue weighted by Crippen LogP contribution is -2.28. The van der Waals surface area contributed by atoms with Crippen LogP contribution in [0.15, 0.2) is 0 Å². The standard InChI is InChI=1S/C11H18N4OS/c1-3-5-12-11-14-13-9(17-11)10(16)15-6-4-8(2)7-15/h8H,3-7H2,1-2H3,(H,12,14). The van der Waals surface area contributed by atoms with Crippen LogP contribution in [0.1, 0.15) is 36.5 Å². The number of amides is 1. The van der Waals surface area contributed by atoms with Crippen molar-refractivity contribution in [2.24, 2.45) is 5.92 Å². The molecule has 5 nitrogen and oxygen atoms in total. The topological polar surface area (TPSA) is 58.1 Å². The molecule has 0 spiro atoms. The van der Waals surface area contributed by atoms with Gasteiger partial charge in [0.2, 0.25) is 10.1 Å². The molecule has 1 saturated heterocycles. The van der Waals surface area contributed by atoms with Crippen LogP contribution in [0.5, 0.6) is 0 Å². The average molecular weight is 254 g/mol. The highest BCUT2D eigenvalue weighted by Gasteiger charge is 2.26. The van der Waals surface area contributed by atoms with Gasteiger partial charge in [-0.2, -0.15) is 0 Å². The first-order valence-corrected chi connectivity index (χ1v) is 6.89. The molecule has 1 aromatic heterocycles. The number of anilines is 1. The highest BCUT2D eigenvalue weighted by Crippen LogP contribution is 2.21. The van der Waals surface area contributed by atoms with Gasteiger partial charge in [-0.05, 0) is 18.8 Å². The van der Waals surface area contributed by atoms with Crippen molar-refractivity contribution in [3.63, 3.8) is 0 Å². The van der Waals surface area contributed by atoms with Crippen molar-refractivity contribution in [2.45, 2.75) is 26.7 Å². The maximum atomic E-state index is 12.1. The number of carbonyl (C=O) groups excluding carboxylic acids is 1. The Morgan fingerprint density at radius 1 is 1.59 bits per heavy atom. The van der Waals surface area contributed by atoms with Gasteiger partial charge in [0, 0.05) is 19.6 Å². The SMILES string of the molecule is CCCNc1nnc(C(=O)N2CCC(C)C2)s1. The lowest BCUT2D eigenvalue weighted by atomic mass is 10.2. The van der Waals surface area contributed by atoms with Gasteiger partial charge in [-0.1, -0.05) is 25.2 Å². The van der Waals surface area contributed by atoms with Gasteiger partial charge in [-0.25, -0.2) is 0 Å². The summed E-state index contributed by atoms with van der Waals surface area (Å²) in [6.07, 6.45) is 2.12. The highest BCUT2D eigenvalue weighted by molar-refractivity contribution is 7.17. The molecule has 17 heavy (non-hydrogen) atoms. The fourth-order valence-corrected chi connectivity index (χ4v) is 2.60. The van der Waals surface area contributed by atoms with Gasteiger partial charge in [0.05, 0.1) is 0 Å². The quantitative estimate of drug-likeness (QED) is 0.890. The second kappa shape index (κ2) is 5.44. The maximum Gasteiger partial charge on any atom is 0.284 e. The lowest BCUT2D eigenvalue weighted by Gasteiger charge is -2.12. The molecule has 1 fully saturated rings. The Balaban J connectivity index is 1.97. The van der Waals surface area contributed by atoms with Crippen LogP contribution in [-0.4, -0.2) is 40.6 Å². The molecule has 0 aromatic carbocycles. The molecule has 1 aromatic rings. The van der Waals surface area contributed by atoms with Gasteiger partial charge in [0.25, 0.3) is 5.91 Å². The molecular weight excluding hydrogens is 236 g/mol. The summed E-state index contributed by atoms with van der Waals surface area (Å²) in [5.41, 5.74) is 0. The van der Waals surface area contributed by atoms with Gasteiger partial charge in [0.15, 0.2) is 0 Å². The fourth-order valence-electron chi connectivity index (χ4n) is 1.87. The van der Waals surface area contributed by atoms with E-state index >= 15 is 0 Å². The van der Waals surface area contributed by atoms with Gasteiger partial charge in [-0.3, -0.25) is 4.79 Å². The lowest BCUT2D eigenvalue weighted by molar-refractivity contribution is 0.0787. The van der Waals surface area contributed by atoms with Crippen molar-refractivity contribution >= 4 is 22.4 Å². The molecule has 0 bridgehead atoms. The minimum Gasteiger partial charge on any atom is -0.360 e. The number of likely N-dealkylation sites (tertiary alicyclic amines) is 1. The zero-order valence-electron chi connectivity index (χ0n) is 10.3. The third-order valence-corrected chi connectivity index (χ3v) is 3.71. The number of rotatable bonds is 4. The van der Waals surface area contributed by atoms with Crippen LogP contribution in [-0.2, 0) is 0 Å². The summed E-state index contributed by atoms with van der Waals surface area (Å²) < 4.78 is 0. The minimum atomic E-state index is 0.0244. The van der Waals surface area contributed by atoms with E-state index in [2.05, 4.69) is 29.4 Å². The van der Waals surface area contributed by atoms with E-state index in [1.165, 1.54) is 11.3 Å². The van der Waals surface area contributed by atoms with Crippen LogP contribution in [0.2, 0.25) is 0 Å². The number of carbonyl (C=O) groups is 1. The molecule has 2 heterocycles. The van der Waals surface area contributed by atoms with E-state index < -0.39 is 0 Å². The Hall–Kier alpha value is -1.17. The zero-order chi connectivity index (χ0) is 12.3. The first kappa shape index (κ1) is 12.3. The number of hydrogen-bond acceptors (Lipinski definition) is 5. The molecule has 0 saturated carbocycles. The van der Waals surface area contributed by atoms with Crippen molar-refractivity contribution in [3.05, 3.63) is 5.01 Å². The van der Waals surface area contributed by atoms with Crippen molar-refractivity contribution < 1.29 is 4.79 Å². The van der Waals surface area contributed by atoms with Crippen molar-refractivity contribution in [2.75, 3.05) is 25.0 Å². The predicted molar refractivity (Wildman–Crippen MR) is 68.4 cm³/mol. The molecule has 1 N–H and O–H groups in total. The van der Waals surface area contributed by atoms with Crippen molar-refractivity contribution in [3.8, 4) is 0 Å². The van der Waals surface area contributed by atoms with E-state index in [1.807, 2.05) is 4.90 Å². The second-order valence-electron chi connectivity index (χ2n) is 4.48. The second-order valence-corrected chi connectivity index (χ2v) is 5.46. The van der Waals surface area contributed by atoms with Crippen LogP contribution in [0, 0.1) is 5.92 Å². The molecular formula is C11H18N4OS. The number of nitrogens with one attached hydrogen (secondary N) is 1. The van der Waals surface area contributed by atoms with E-state index in [1.54, 1.807) is 0 Å². The fraction of sp³-hybridized carbons (Fsp3) is 0.727. The van der Waals surface area contributed by atoms with Gasteiger partial charge < -0.3 is 10.2 Å². The largest absolute Gasteiger partial charge is 0.360 e. The molecule has 0 aliphatic carbocycles. The predicted octanol–water partition coefficient (Wildman–Crippen LogP) is 1.84. The van der Waals surface area contributed by atoms with Crippen LogP contribution < -0.4 is 5.32 Å². The summed E-state index contributed by atoms with van der Waals surface area (Å²) in [7, 11) is 0. The van der Waals surface area contributed by atoms with E-state index in [0.29, 0.717) is 10.9 Å². The Kier molecular flexibility index (Phi) is 3.93. The molecule has 6 heteroatoms. The molecule has 2 rings (SSSR count). The van der Waals surface area contributed by atoms with E-state index in [0.717, 1.165) is 37.6 Å². The molecule has 1 atom stereocenters. The molecule has 0 radical (unpaired) electrons. The Morgan fingerprint density at radius 2 is 2.41 bits per heavy atom. The van der Waals surface area contributed by atoms with E-state index in [-0.39, 0.29) is 5.91 Å². The monoisotopic (exact) mass is 254 g/mol. The third kappa shape index (κ3) is 2.94. The molecule has 1 aliphatic heterocycles. The van der Waals surface area contributed by atoms with Crippen LogP contribution in [0.4, 0.5) is 5.13 Å². The summed E-state index contributed by atoms with van der Waals surface area (Å²) >= 11 is 1.34. The number of nitrogens with zero attached hydrogens (tertiary/aromatic N) is 3. The Bertz CT molecular complexity index is 393. The molecule has 1 unspecified atom stereocenters. The van der Waals surface area contributed by atoms with Gasteiger partial charge in [-0.15, -0.1) is 10.2 Å². The summed E-state index contributed by atoms with van der Waals surface area (Å²) in [5.74, 6) is 0.626. The summed E-state index contributed by atoms with van der Waals surface area (Å²) in [6.45, 7) is 6.81. The number of aromatic nitrogens is 2. The molecule has 1 amide bonds. The smallest absolute Gasteiger partial charge is 0.284 e.